The number of ether oxygens (including phenoxy) is 2. The van der Waals surface area contributed by atoms with Gasteiger partial charge in [-0.1, -0.05) is 12.1 Å². The molecule has 1 amide bonds. The van der Waals surface area contributed by atoms with E-state index < -0.39 is 0 Å². The predicted octanol–water partition coefficient (Wildman–Crippen LogP) is 4.05. The van der Waals surface area contributed by atoms with E-state index in [9.17, 15) is 4.79 Å². The average Bonchev–Trinajstić information content (AvgIpc) is 3.49. The second-order valence-corrected chi connectivity index (χ2v) is 7.40. The molecule has 0 aliphatic carbocycles. The lowest BCUT2D eigenvalue weighted by atomic mass is 10.2. The van der Waals surface area contributed by atoms with Crippen LogP contribution in [0, 0.1) is 0 Å². The first kappa shape index (κ1) is 19.7. The van der Waals surface area contributed by atoms with Crippen LogP contribution < -0.4 is 14.8 Å². The van der Waals surface area contributed by atoms with Gasteiger partial charge in [0.25, 0.3) is 5.91 Å². The Hall–Kier alpha value is -3.65. The van der Waals surface area contributed by atoms with Gasteiger partial charge >= 0.3 is 0 Å². The Labute approximate surface area is 177 Å². The molecule has 152 valence electrons. The number of rotatable bonds is 8. The number of benzene rings is 1. The molecule has 8 heteroatoms. The second-order valence-electron chi connectivity index (χ2n) is 6.46. The van der Waals surface area contributed by atoms with E-state index >= 15 is 0 Å². The van der Waals surface area contributed by atoms with Crippen molar-refractivity contribution in [2.45, 2.75) is 13.2 Å². The minimum absolute atomic E-state index is 0.244. The fraction of sp³-hybridized carbons (Fsp3) is 0.136. The monoisotopic (exact) mass is 420 g/mol. The van der Waals surface area contributed by atoms with Gasteiger partial charge in [0.15, 0.2) is 17.2 Å². The number of nitrogens with zero attached hydrogens (tertiary/aromatic N) is 2. The van der Waals surface area contributed by atoms with Crippen molar-refractivity contribution in [1.82, 2.24) is 20.5 Å². The summed E-state index contributed by atoms with van der Waals surface area (Å²) in [5.41, 5.74) is 3.09. The maximum absolute atomic E-state index is 12.4. The van der Waals surface area contributed by atoms with E-state index in [0.29, 0.717) is 30.3 Å². The quantitative estimate of drug-likeness (QED) is 0.449. The normalized spacial score (nSPS) is 10.6. The third-order valence-corrected chi connectivity index (χ3v) is 5.33. The Balaban J connectivity index is 1.37. The number of carbonyl (C=O) groups is 1. The molecule has 4 aromatic rings. The molecular formula is C22H20N4O3S. The average molecular weight is 420 g/mol. The fourth-order valence-corrected chi connectivity index (χ4v) is 3.54. The SMILES string of the molecule is COc1cc(CNC(=O)c2cc(-c3cccs3)[nH]n2)ccc1OCc1ccncc1. The number of aromatic amines is 1. The summed E-state index contributed by atoms with van der Waals surface area (Å²) in [6.45, 7) is 0.766. The van der Waals surface area contributed by atoms with Crippen molar-refractivity contribution in [1.29, 1.82) is 0 Å². The number of carbonyl (C=O) groups excluding carboxylic acids is 1. The van der Waals surface area contributed by atoms with Gasteiger partial charge in [0.2, 0.25) is 0 Å². The molecule has 0 saturated carbocycles. The van der Waals surface area contributed by atoms with Crippen molar-refractivity contribution in [2.24, 2.45) is 0 Å². The Morgan fingerprint density at radius 2 is 1.97 bits per heavy atom. The molecule has 3 aromatic heterocycles. The second kappa shape index (κ2) is 9.23. The molecule has 0 spiro atoms. The van der Waals surface area contributed by atoms with Gasteiger partial charge in [-0.2, -0.15) is 5.10 Å². The van der Waals surface area contributed by atoms with E-state index in [1.165, 1.54) is 0 Å². The lowest BCUT2D eigenvalue weighted by Gasteiger charge is -2.12. The van der Waals surface area contributed by atoms with Crippen LogP contribution in [0.4, 0.5) is 0 Å². The summed E-state index contributed by atoms with van der Waals surface area (Å²) < 4.78 is 11.3. The molecule has 0 bridgehead atoms. The first-order valence-corrected chi connectivity index (χ1v) is 10.2. The van der Waals surface area contributed by atoms with Crippen LogP contribution in [0.15, 0.2) is 66.3 Å². The molecule has 0 fully saturated rings. The van der Waals surface area contributed by atoms with Crippen molar-refractivity contribution in [3.05, 3.63) is 83.1 Å². The molecule has 0 radical (unpaired) electrons. The maximum Gasteiger partial charge on any atom is 0.272 e. The molecular weight excluding hydrogens is 400 g/mol. The highest BCUT2D eigenvalue weighted by atomic mass is 32.1. The molecule has 0 aliphatic heterocycles. The number of hydrogen-bond donors (Lipinski definition) is 2. The summed E-state index contributed by atoms with van der Waals surface area (Å²) in [5.74, 6) is 0.999. The number of aromatic nitrogens is 3. The Bertz CT molecular complexity index is 1110. The number of hydrogen-bond acceptors (Lipinski definition) is 6. The van der Waals surface area contributed by atoms with Crippen LogP contribution in [0.25, 0.3) is 10.6 Å². The minimum Gasteiger partial charge on any atom is -0.493 e. The third-order valence-electron chi connectivity index (χ3n) is 4.42. The molecule has 0 atom stereocenters. The van der Waals surface area contributed by atoms with Crippen LogP contribution >= 0.6 is 11.3 Å². The zero-order valence-electron chi connectivity index (χ0n) is 16.3. The zero-order valence-corrected chi connectivity index (χ0v) is 17.1. The maximum atomic E-state index is 12.4. The van der Waals surface area contributed by atoms with Gasteiger partial charge in [-0.25, -0.2) is 0 Å². The molecule has 0 aliphatic rings. The Kier molecular flexibility index (Phi) is 6.05. The van der Waals surface area contributed by atoms with E-state index in [2.05, 4.69) is 20.5 Å². The van der Waals surface area contributed by atoms with Crippen LogP contribution in [0.5, 0.6) is 11.5 Å². The summed E-state index contributed by atoms with van der Waals surface area (Å²) in [6, 6.07) is 15.1. The highest BCUT2D eigenvalue weighted by molar-refractivity contribution is 7.13. The standard InChI is InChI=1S/C22H20N4O3S/c1-28-20-11-16(4-5-19(20)29-14-15-6-8-23-9-7-15)13-24-22(27)18-12-17(25-26-18)21-3-2-10-30-21/h2-12H,13-14H2,1H3,(H,24,27)(H,25,26). The highest BCUT2D eigenvalue weighted by Crippen LogP contribution is 2.29. The molecule has 0 saturated heterocycles. The molecule has 30 heavy (non-hydrogen) atoms. The zero-order chi connectivity index (χ0) is 20.8. The Morgan fingerprint density at radius 3 is 2.73 bits per heavy atom. The smallest absolute Gasteiger partial charge is 0.272 e. The summed E-state index contributed by atoms with van der Waals surface area (Å²) in [6.07, 6.45) is 3.45. The number of nitrogens with one attached hydrogen (secondary N) is 2. The van der Waals surface area contributed by atoms with Crippen LogP contribution in [-0.2, 0) is 13.2 Å². The topological polar surface area (TPSA) is 89.1 Å². The van der Waals surface area contributed by atoms with Gasteiger partial charge in [0, 0.05) is 18.9 Å². The number of pyridine rings is 1. The van der Waals surface area contributed by atoms with Gasteiger partial charge in [-0.3, -0.25) is 14.9 Å². The number of H-pyrrole nitrogens is 1. The molecule has 2 N–H and O–H groups in total. The van der Waals surface area contributed by atoms with Crippen molar-refractivity contribution in [3.8, 4) is 22.1 Å². The first-order chi connectivity index (χ1) is 14.7. The van der Waals surface area contributed by atoms with Crippen LogP contribution in [0.2, 0.25) is 0 Å². The van der Waals surface area contributed by atoms with Crippen molar-refractivity contribution in [3.63, 3.8) is 0 Å². The number of thiophene rings is 1. The Morgan fingerprint density at radius 1 is 1.10 bits per heavy atom. The van der Waals surface area contributed by atoms with E-state index in [0.717, 1.165) is 21.7 Å². The predicted molar refractivity (Wildman–Crippen MR) is 115 cm³/mol. The number of methoxy groups -OCH3 is 1. The summed E-state index contributed by atoms with van der Waals surface area (Å²) in [4.78, 5) is 17.5. The fourth-order valence-electron chi connectivity index (χ4n) is 2.85. The van der Waals surface area contributed by atoms with E-state index in [-0.39, 0.29) is 5.91 Å². The molecule has 7 nitrogen and oxygen atoms in total. The van der Waals surface area contributed by atoms with Gasteiger partial charge in [0.1, 0.15) is 6.61 Å². The lowest BCUT2D eigenvalue weighted by Crippen LogP contribution is -2.23. The molecule has 3 heterocycles. The largest absolute Gasteiger partial charge is 0.493 e. The summed E-state index contributed by atoms with van der Waals surface area (Å²) in [7, 11) is 1.59. The van der Waals surface area contributed by atoms with Crippen molar-refractivity contribution in [2.75, 3.05) is 7.11 Å². The van der Waals surface area contributed by atoms with Crippen molar-refractivity contribution < 1.29 is 14.3 Å². The molecule has 1 aromatic carbocycles. The third kappa shape index (κ3) is 4.66. The van der Waals surface area contributed by atoms with Crippen LogP contribution in [0.3, 0.4) is 0 Å². The van der Waals surface area contributed by atoms with Gasteiger partial charge in [-0.05, 0) is 52.9 Å². The van der Waals surface area contributed by atoms with Gasteiger partial charge < -0.3 is 14.8 Å². The highest BCUT2D eigenvalue weighted by Gasteiger charge is 2.13. The van der Waals surface area contributed by atoms with Gasteiger partial charge in [0.05, 0.1) is 17.7 Å². The van der Waals surface area contributed by atoms with Crippen LogP contribution in [-0.4, -0.2) is 28.2 Å². The van der Waals surface area contributed by atoms with E-state index in [1.807, 2.05) is 47.8 Å². The molecule has 0 unspecified atom stereocenters. The van der Waals surface area contributed by atoms with Crippen molar-refractivity contribution >= 4 is 17.2 Å². The summed E-state index contributed by atoms with van der Waals surface area (Å²) in [5, 5.41) is 11.9. The van der Waals surface area contributed by atoms with Crippen LogP contribution in [0.1, 0.15) is 21.6 Å². The lowest BCUT2D eigenvalue weighted by molar-refractivity contribution is 0.0946. The first-order valence-electron chi connectivity index (χ1n) is 9.29. The van der Waals surface area contributed by atoms with E-state index in [4.69, 9.17) is 9.47 Å². The van der Waals surface area contributed by atoms with Gasteiger partial charge in [-0.15, -0.1) is 11.3 Å². The molecule has 4 rings (SSSR count). The van der Waals surface area contributed by atoms with E-state index in [1.54, 1.807) is 36.9 Å². The summed E-state index contributed by atoms with van der Waals surface area (Å²) >= 11 is 1.59. The number of amides is 1. The minimum atomic E-state index is -0.244.